The molecule has 0 aromatic rings. The molecular weight excluding hydrogens is 148 g/mol. The van der Waals surface area contributed by atoms with Gasteiger partial charge in [-0.1, -0.05) is 34.1 Å². The molecule has 3 N–H and O–H groups in total. The van der Waals surface area contributed by atoms with E-state index in [0.717, 1.165) is 13.1 Å². The van der Waals surface area contributed by atoms with Gasteiger partial charge in [0.15, 0.2) is 0 Å². The van der Waals surface area contributed by atoms with Gasteiger partial charge in [0.05, 0.1) is 0 Å². The molecule has 0 saturated carbocycles. The summed E-state index contributed by atoms with van der Waals surface area (Å²) < 4.78 is 0. The molecule has 2 atom stereocenters. The highest BCUT2D eigenvalue weighted by Gasteiger charge is 2.09. The van der Waals surface area contributed by atoms with Gasteiger partial charge in [0.25, 0.3) is 0 Å². The molecule has 0 amide bonds. The van der Waals surface area contributed by atoms with Crippen LogP contribution in [0.1, 0.15) is 34.1 Å². The second kappa shape index (κ2) is 6.44. The standard InChI is InChI=1S/C10H24N2/c1-5-9(4)10(11)7-12-6-8(2)3/h8-10,12H,5-7,11H2,1-4H3. The Hall–Kier alpha value is -0.0800. The van der Waals surface area contributed by atoms with Gasteiger partial charge in [0, 0.05) is 12.6 Å². The molecule has 0 radical (unpaired) electrons. The van der Waals surface area contributed by atoms with Crippen LogP contribution in [0.3, 0.4) is 0 Å². The van der Waals surface area contributed by atoms with E-state index >= 15 is 0 Å². The second-order valence-electron chi connectivity index (χ2n) is 4.10. The monoisotopic (exact) mass is 172 g/mol. The quantitative estimate of drug-likeness (QED) is 0.639. The van der Waals surface area contributed by atoms with Gasteiger partial charge in [-0.25, -0.2) is 0 Å². The van der Waals surface area contributed by atoms with Crippen LogP contribution < -0.4 is 11.1 Å². The van der Waals surface area contributed by atoms with Crippen LogP contribution in [0.25, 0.3) is 0 Å². The molecule has 0 rings (SSSR count). The SMILES string of the molecule is CCC(C)C(N)CNCC(C)C. The molecule has 0 spiro atoms. The Bertz CT molecular complexity index is 102. The van der Waals surface area contributed by atoms with E-state index in [9.17, 15) is 0 Å². The van der Waals surface area contributed by atoms with Crippen molar-refractivity contribution < 1.29 is 0 Å². The third-order valence-corrected chi connectivity index (χ3v) is 2.31. The molecule has 0 bridgehead atoms. The predicted molar refractivity (Wildman–Crippen MR) is 55.1 cm³/mol. The van der Waals surface area contributed by atoms with Crippen LogP contribution in [0.2, 0.25) is 0 Å². The van der Waals surface area contributed by atoms with Gasteiger partial charge in [0.1, 0.15) is 0 Å². The number of nitrogens with two attached hydrogens (primary N) is 1. The summed E-state index contributed by atoms with van der Waals surface area (Å²) >= 11 is 0. The highest BCUT2D eigenvalue weighted by atomic mass is 14.9. The zero-order valence-corrected chi connectivity index (χ0v) is 8.93. The minimum absolute atomic E-state index is 0.314. The zero-order chi connectivity index (χ0) is 9.56. The zero-order valence-electron chi connectivity index (χ0n) is 8.93. The van der Waals surface area contributed by atoms with Crippen molar-refractivity contribution in [2.45, 2.75) is 40.2 Å². The third kappa shape index (κ3) is 5.56. The lowest BCUT2D eigenvalue weighted by atomic mass is 10.00. The van der Waals surface area contributed by atoms with Gasteiger partial charge in [-0.2, -0.15) is 0 Å². The summed E-state index contributed by atoms with van der Waals surface area (Å²) in [4.78, 5) is 0. The number of hydrogen-bond donors (Lipinski definition) is 2. The second-order valence-corrected chi connectivity index (χ2v) is 4.10. The van der Waals surface area contributed by atoms with E-state index in [0.29, 0.717) is 17.9 Å². The van der Waals surface area contributed by atoms with E-state index in [1.807, 2.05) is 0 Å². The average molecular weight is 172 g/mol. The number of nitrogens with one attached hydrogen (secondary N) is 1. The number of rotatable bonds is 6. The van der Waals surface area contributed by atoms with Crippen molar-refractivity contribution in [2.24, 2.45) is 17.6 Å². The van der Waals surface area contributed by atoms with Crippen LogP contribution in [0.5, 0.6) is 0 Å². The molecule has 2 heteroatoms. The van der Waals surface area contributed by atoms with Crippen LogP contribution >= 0.6 is 0 Å². The summed E-state index contributed by atoms with van der Waals surface area (Å²) in [6.45, 7) is 10.8. The number of hydrogen-bond acceptors (Lipinski definition) is 2. The van der Waals surface area contributed by atoms with E-state index < -0.39 is 0 Å². The Morgan fingerprint density at radius 3 is 2.17 bits per heavy atom. The molecule has 0 aliphatic carbocycles. The first kappa shape index (κ1) is 11.9. The maximum atomic E-state index is 5.95. The van der Waals surface area contributed by atoms with Crippen molar-refractivity contribution in [1.29, 1.82) is 0 Å². The van der Waals surface area contributed by atoms with E-state index in [-0.39, 0.29) is 0 Å². The largest absolute Gasteiger partial charge is 0.326 e. The molecule has 2 nitrogen and oxygen atoms in total. The van der Waals surface area contributed by atoms with Crippen molar-refractivity contribution in [3.05, 3.63) is 0 Å². The molecule has 0 aliphatic heterocycles. The molecule has 0 aromatic heterocycles. The molecule has 74 valence electrons. The van der Waals surface area contributed by atoms with Crippen molar-refractivity contribution >= 4 is 0 Å². The third-order valence-electron chi connectivity index (χ3n) is 2.31. The summed E-state index contributed by atoms with van der Waals surface area (Å²) in [5, 5.41) is 3.37. The normalized spacial score (nSPS) is 16.5. The van der Waals surface area contributed by atoms with E-state index in [4.69, 9.17) is 5.73 Å². The fraction of sp³-hybridized carbons (Fsp3) is 1.00. The summed E-state index contributed by atoms with van der Waals surface area (Å²) in [7, 11) is 0. The Morgan fingerprint density at radius 2 is 1.75 bits per heavy atom. The lowest BCUT2D eigenvalue weighted by molar-refractivity contribution is 0.408. The lowest BCUT2D eigenvalue weighted by Crippen LogP contribution is -2.39. The maximum Gasteiger partial charge on any atom is 0.0191 e. The van der Waals surface area contributed by atoms with Crippen LogP contribution in [0, 0.1) is 11.8 Å². The van der Waals surface area contributed by atoms with Gasteiger partial charge >= 0.3 is 0 Å². The van der Waals surface area contributed by atoms with Crippen LogP contribution in [0.15, 0.2) is 0 Å². The molecule has 12 heavy (non-hydrogen) atoms. The van der Waals surface area contributed by atoms with Gasteiger partial charge in [-0.05, 0) is 18.4 Å². The van der Waals surface area contributed by atoms with Gasteiger partial charge in [0.2, 0.25) is 0 Å². The highest BCUT2D eigenvalue weighted by Crippen LogP contribution is 2.03. The first-order valence-electron chi connectivity index (χ1n) is 5.04. The molecule has 2 unspecified atom stereocenters. The summed E-state index contributed by atoms with van der Waals surface area (Å²) in [6, 6.07) is 0.314. The molecular formula is C10H24N2. The fourth-order valence-electron chi connectivity index (χ4n) is 1.04. The van der Waals surface area contributed by atoms with Crippen LogP contribution in [-0.4, -0.2) is 19.1 Å². The van der Waals surface area contributed by atoms with Gasteiger partial charge in [-0.3, -0.25) is 0 Å². The van der Waals surface area contributed by atoms with Gasteiger partial charge in [-0.15, -0.1) is 0 Å². The van der Waals surface area contributed by atoms with Crippen molar-refractivity contribution in [1.82, 2.24) is 5.32 Å². The Labute approximate surface area is 76.9 Å². The molecule has 0 saturated heterocycles. The molecule has 0 heterocycles. The Morgan fingerprint density at radius 1 is 1.17 bits per heavy atom. The Balaban J connectivity index is 3.37. The summed E-state index contributed by atoms with van der Waals surface area (Å²) in [5.41, 5.74) is 5.95. The van der Waals surface area contributed by atoms with Crippen molar-refractivity contribution in [3.8, 4) is 0 Å². The van der Waals surface area contributed by atoms with E-state index in [1.165, 1.54) is 6.42 Å². The maximum absolute atomic E-state index is 5.95. The highest BCUT2D eigenvalue weighted by molar-refractivity contribution is 4.70. The topological polar surface area (TPSA) is 38.0 Å². The molecule has 0 aromatic carbocycles. The first-order chi connectivity index (χ1) is 5.57. The van der Waals surface area contributed by atoms with Crippen LogP contribution in [-0.2, 0) is 0 Å². The van der Waals surface area contributed by atoms with E-state index in [1.54, 1.807) is 0 Å². The van der Waals surface area contributed by atoms with Crippen molar-refractivity contribution in [2.75, 3.05) is 13.1 Å². The Kier molecular flexibility index (Phi) is 6.39. The van der Waals surface area contributed by atoms with Crippen LogP contribution in [0.4, 0.5) is 0 Å². The van der Waals surface area contributed by atoms with Gasteiger partial charge < -0.3 is 11.1 Å². The fourth-order valence-corrected chi connectivity index (χ4v) is 1.04. The summed E-state index contributed by atoms with van der Waals surface area (Å²) in [6.07, 6.45) is 1.17. The minimum atomic E-state index is 0.314. The molecule has 0 aliphatic rings. The minimum Gasteiger partial charge on any atom is -0.326 e. The van der Waals surface area contributed by atoms with E-state index in [2.05, 4.69) is 33.0 Å². The lowest BCUT2D eigenvalue weighted by Gasteiger charge is -2.19. The molecule has 0 fully saturated rings. The first-order valence-corrected chi connectivity index (χ1v) is 5.04. The summed E-state index contributed by atoms with van der Waals surface area (Å²) in [5.74, 6) is 1.35. The average Bonchev–Trinajstić information content (AvgIpc) is 2.02. The smallest absolute Gasteiger partial charge is 0.0191 e. The predicted octanol–water partition coefficient (Wildman–Crippen LogP) is 1.61. The van der Waals surface area contributed by atoms with Crippen molar-refractivity contribution in [3.63, 3.8) is 0 Å².